The van der Waals surface area contributed by atoms with Gasteiger partial charge in [0.05, 0.1) is 6.61 Å². The van der Waals surface area contributed by atoms with E-state index in [9.17, 15) is 25.2 Å². The molecule has 0 rings (SSSR count). The van der Waals surface area contributed by atoms with Gasteiger partial charge >= 0.3 is 0 Å². The van der Waals surface area contributed by atoms with Gasteiger partial charge < -0.3 is 30.4 Å². The highest BCUT2D eigenvalue weighted by Crippen LogP contribution is 2.10. The predicted molar refractivity (Wildman–Crippen MR) is 101 cm³/mol. The van der Waals surface area contributed by atoms with Crippen LogP contribution in [0.2, 0.25) is 0 Å². The maximum Gasteiger partial charge on any atom is 0.222 e. The Morgan fingerprint density at radius 3 is 2.12 bits per heavy atom. The minimum Gasteiger partial charge on any atom is -0.394 e. The second-order valence-electron chi connectivity index (χ2n) is 6.76. The maximum absolute atomic E-state index is 12.0. The van der Waals surface area contributed by atoms with Gasteiger partial charge in [-0.15, -0.1) is 0 Å². The van der Waals surface area contributed by atoms with Crippen LogP contribution in [-0.2, 0) is 4.79 Å². The first-order chi connectivity index (χ1) is 12.3. The lowest BCUT2D eigenvalue weighted by molar-refractivity contribution is -0.138. The number of likely N-dealkylation sites (N-methyl/N-ethyl adjacent to an activating group) is 1. The maximum atomic E-state index is 12.0. The monoisotopic (exact) mass is 375 g/mol. The van der Waals surface area contributed by atoms with Gasteiger partial charge in [-0.1, -0.05) is 38.3 Å². The number of nitrogens with zero attached hydrogens (tertiary/aromatic N) is 1. The quantitative estimate of drug-likeness (QED) is 0.211. The van der Waals surface area contributed by atoms with Crippen molar-refractivity contribution in [3.8, 4) is 0 Å². The molecule has 0 aromatic carbocycles. The van der Waals surface area contributed by atoms with E-state index in [2.05, 4.69) is 19.1 Å². The summed E-state index contributed by atoms with van der Waals surface area (Å²) in [5.41, 5.74) is 0. The van der Waals surface area contributed by atoms with Crippen LogP contribution in [-0.4, -0.2) is 81.0 Å². The van der Waals surface area contributed by atoms with Crippen molar-refractivity contribution in [3.05, 3.63) is 12.2 Å². The zero-order chi connectivity index (χ0) is 19.9. The molecule has 1 amide bonds. The number of aliphatic hydroxyl groups excluding tert-OH is 5. The lowest BCUT2D eigenvalue weighted by Gasteiger charge is -2.28. The van der Waals surface area contributed by atoms with Crippen molar-refractivity contribution < 1.29 is 30.3 Å². The third-order valence-electron chi connectivity index (χ3n) is 4.38. The van der Waals surface area contributed by atoms with Crippen molar-refractivity contribution in [3.63, 3.8) is 0 Å². The van der Waals surface area contributed by atoms with Crippen molar-refractivity contribution in [2.75, 3.05) is 20.2 Å². The molecule has 0 aromatic rings. The van der Waals surface area contributed by atoms with Crippen LogP contribution in [0.25, 0.3) is 0 Å². The zero-order valence-corrected chi connectivity index (χ0v) is 16.1. The van der Waals surface area contributed by atoms with E-state index in [4.69, 9.17) is 5.11 Å². The molecule has 0 aliphatic carbocycles. The van der Waals surface area contributed by atoms with Crippen molar-refractivity contribution in [1.82, 2.24) is 4.90 Å². The molecule has 7 nitrogen and oxygen atoms in total. The normalized spacial score (nSPS) is 16.4. The Labute approximate surface area is 157 Å². The zero-order valence-electron chi connectivity index (χ0n) is 16.1. The molecule has 0 unspecified atom stereocenters. The lowest BCUT2D eigenvalue weighted by Crippen LogP contribution is -2.49. The number of amides is 1. The van der Waals surface area contributed by atoms with Gasteiger partial charge in [-0.05, 0) is 25.7 Å². The Bertz CT molecular complexity index is 390. The summed E-state index contributed by atoms with van der Waals surface area (Å²) in [5.74, 6) is -0.140. The highest BCUT2D eigenvalue weighted by atomic mass is 16.4. The second kappa shape index (κ2) is 15.1. The molecule has 0 fully saturated rings. The van der Waals surface area contributed by atoms with Crippen LogP contribution in [0.1, 0.15) is 58.3 Å². The van der Waals surface area contributed by atoms with E-state index in [-0.39, 0.29) is 12.5 Å². The van der Waals surface area contributed by atoms with Crippen molar-refractivity contribution in [1.29, 1.82) is 0 Å². The van der Waals surface area contributed by atoms with Gasteiger partial charge in [0.2, 0.25) is 5.91 Å². The fourth-order valence-electron chi connectivity index (χ4n) is 2.60. The molecule has 0 aromatic heterocycles. The summed E-state index contributed by atoms with van der Waals surface area (Å²) in [6, 6.07) is 0. The highest BCUT2D eigenvalue weighted by Gasteiger charge is 2.31. The van der Waals surface area contributed by atoms with Gasteiger partial charge in [-0.2, -0.15) is 0 Å². The SMILES string of the molecule is CCC=CCCCCCCCC(=O)N(C)C[C@H](O)[C@@H](O)[C@H](O)[C@H](O)CO. The van der Waals surface area contributed by atoms with E-state index < -0.39 is 31.0 Å². The number of allylic oxidation sites excluding steroid dienone is 2. The molecule has 26 heavy (non-hydrogen) atoms. The number of hydrogen-bond donors (Lipinski definition) is 5. The molecular weight excluding hydrogens is 338 g/mol. The van der Waals surface area contributed by atoms with E-state index in [0.29, 0.717) is 6.42 Å². The van der Waals surface area contributed by atoms with Crippen molar-refractivity contribution in [2.45, 2.75) is 82.7 Å². The average Bonchev–Trinajstić information content (AvgIpc) is 2.64. The Morgan fingerprint density at radius 1 is 0.923 bits per heavy atom. The fraction of sp³-hybridized carbons (Fsp3) is 0.842. The van der Waals surface area contributed by atoms with Gasteiger partial charge in [0.1, 0.15) is 24.4 Å². The van der Waals surface area contributed by atoms with Gasteiger partial charge in [-0.3, -0.25) is 4.79 Å². The van der Waals surface area contributed by atoms with Crippen LogP contribution in [0.5, 0.6) is 0 Å². The van der Waals surface area contributed by atoms with Crippen LogP contribution >= 0.6 is 0 Å². The van der Waals surface area contributed by atoms with E-state index in [1.807, 2.05) is 0 Å². The molecule has 0 saturated carbocycles. The minimum atomic E-state index is -1.68. The van der Waals surface area contributed by atoms with Gasteiger partial charge in [-0.25, -0.2) is 0 Å². The predicted octanol–water partition coefficient (Wildman–Crippen LogP) is 0.578. The second-order valence-corrected chi connectivity index (χ2v) is 6.76. The van der Waals surface area contributed by atoms with Crippen LogP contribution < -0.4 is 0 Å². The standard InChI is InChI=1S/C19H37NO6/c1-3-4-5-6-7-8-9-10-11-12-17(24)20(2)13-15(22)18(25)19(26)16(23)14-21/h4-5,15-16,18-19,21-23,25-26H,3,6-14H2,1-2H3/t15-,16+,18+,19+/m0/s1. The van der Waals surface area contributed by atoms with E-state index in [0.717, 1.165) is 44.9 Å². The van der Waals surface area contributed by atoms with Gasteiger partial charge in [0.25, 0.3) is 0 Å². The van der Waals surface area contributed by atoms with Gasteiger partial charge in [0.15, 0.2) is 0 Å². The molecule has 0 aliphatic heterocycles. The number of aliphatic hydroxyl groups is 5. The number of rotatable bonds is 15. The molecule has 0 saturated heterocycles. The average molecular weight is 376 g/mol. The van der Waals surface area contributed by atoms with E-state index in [1.165, 1.54) is 11.9 Å². The third kappa shape index (κ3) is 10.9. The summed E-state index contributed by atoms with van der Waals surface area (Å²) in [4.78, 5) is 13.3. The summed E-state index contributed by atoms with van der Waals surface area (Å²) < 4.78 is 0. The summed E-state index contributed by atoms with van der Waals surface area (Å²) in [6.07, 6.45) is 5.80. The first-order valence-corrected chi connectivity index (χ1v) is 9.57. The van der Waals surface area contributed by atoms with E-state index in [1.54, 1.807) is 0 Å². The van der Waals surface area contributed by atoms with Gasteiger partial charge in [0, 0.05) is 20.0 Å². The molecule has 0 heterocycles. The molecule has 5 N–H and O–H groups in total. The fourth-order valence-corrected chi connectivity index (χ4v) is 2.60. The van der Waals surface area contributed by atoms with Crippen LogP contribution in [0.4, 0.5) is 0 Å². The van der Waals surface area contributed by atoms with Crippen molar-refractivity contribution in [2.24, 2.45) is 0 Å². The largest absolute Gasteiger partial charge is 0.394 e. The Balaban J connectivity index is 3.93. The molecule has 0 aliphatic rings. The summed E-state index contributed by atoms with van der Waals surface area (Å²) in [7, 11) is 1.52. The Hall–Kier alpha value is -0.990. The molecule has 7 heteroatoms. The first-order valence-electron chi connectivity index (χ1n) is 9.57. The number of hydrogen-bond acceptors (Lipinski definition) is 6. The van der Waals surface area contributed by atoms with E-state index >= 15 is 0 Å². The molecule has 0 spiro atoms. The highest BCUT2D eigenvalue weighted by molar-refractivity contribution is 5.75. The van der Waals surface area contributed by atoms with Crippen LogP contribution in [0.3, 0.4) is 0 Å². The number of carbonyl (C=O) groups is 1. The minimum absolute atomic E-state index is 0.140. The van der Waals surface area contributed by atoms with Crippen LogP contribution in [0, 0.1) is 0 Å². The summed E-state index contributed by atoms with van der Waals surface area (Å²) in [6.45, 7) is 1.23. The molecule has 0 radical (unpaired) electrons. The Kier molecular flexibility index (Phi) is 14.5. The molecular formula is C19H37NO6. The number of carbonyl (C=O) groups excluding carboxylic acids is 1. The van der Waals surface area contributed by atoms with Crippen molar-refractivity contribution >= 4 is 5.91 Å². The number of unbranched alkanes of at least 4 members (excludes halogenated alkanes) is 5. The smallest absolute Gasteiger partial charge is 0.222 e. The lowest BCUT2D eigenvalue weighted by atomic mass is 10.0. The first kappa shape index (κ1) is 25.0. The third-order valence-corrected chi connectivity index (χ3v) is 4.38. The molecule has 154 valence electrons. The Morgan fingerprint density at radius 2 is 1.50 bits per heavy atom. The molecule has 4 atom stereocenters. The molecule has 0 bridgehead atoms. The summed E-state index contributed by atoms with van der Waals surface area (Å²) in [5, 5.41) is 47.2. The van der Waals surface area contributed by atoms with Crippen LogP contribution in [0.15, 0.2) is 12.2 Å². The topological polar surface area (TPSA) is 121 Å². The summed E-state index contributed by atoms with van der Waals surface area (Å²) >= 11 is 0.